The lowest BCUT2D eigenvalue weighted by Crippen LogP contribution is -2.47. The Balaban J connectivity index is 1.02. The molecule has 3 aliphatic heterocycles. The van der Waals surface area contributed by atoms with Crippen LogP contribution in [-0.2, 0) is 17.6 Å². The maximum Gasteiger partial charge on any atom is 0.227 e. The third kappa shape index (κ3) is 3.86. The zero-order valence-electron chi connectivity index (χ0n) is 18.6. The number of fused-ring (bicyclic) bond motifs is 1. The Hall–Kier alpha value is -2.35. The summed E-state index contributed by atoms with van der Waals surface area (Å²) in [6.45, 7) is 6.52. The fourth-order valence-electron chi connectivity index (χ4n) is 5.31. The second-order valence-electron chi connectivity index (χ2n) is 9.00. The van der Waals surface area contributed by atoms with E-state index in [0.717, 1.165) is 74.9 Å². The van der Waals surface area contributed by atoms with E-state index < -0.39 is 0 Å². The highest BCUT2D eigenvalue weighted by atomic mass is 35.5. The van der Waals surface area contributed by atoms with Crippen molar-refractivity contribution in [2.45, 2.75) is 25.7 Å². The highest BCUT2D eigenvalue weighted by Gasteiger charge is 2.33. The summed E-state index contributed by atoms with van der Waals surface area (Å²) in [6.07, 6.45) is 3.11. The molecule has 4 heterocycles. The molecule has 0 saturated carbocycles. The van der Waals surface area contributed by atoms with E-state index in [4.69, 9.17) is 20.7 Å². The summed E-state index contributed by atoms with van der Waals surface area (Å²) < 4.78 is 12.1. The van der Waals surface area contributed by atoms with Gasteiger partial charge in [-0.05, 0) is 60.1 Å². The van der Waals surface area contributed by atoms with Crippen molar-refractivity contribution >= 4 is 50.6 Å². The topological polar surface area (TPSA) is 48.9 Å². The van der Waals surface area contributed by atoms with E-state index in [9.17, 15) is 4.79 Å². The number of benzene rings is 2. The quantitative estimate of drug-likeness (QED) is 0.488. The summed E-state index contributed by atoms with van der Waals surface area (Å²) in [7, 11) is 0. The molecular weight excluding hydrogens is 456 g/mol. The molecule has 0 radical (unpaired) electrons. The minimum atomic E-state index is 0.217. The second kappa shape index (κ2) is 8.78. The highest BCUT2D eigenvalue weighted by Crippen LogP contribution is 2.44. The number of carbonyl (C=O) groups excluding carboxylic acids is 1. The van der Waals surface area contributed by atoms with Crippen molar-refractivity contribution in [3.63, 3.8) is 0 Å². The summed E-state index contributed by atoms with van der Waals surface area (Å²) in [6, 6.07) is 10.5. The molecule has 6 nitrogen and oxygen atoms in total. The number of aromatic nitrogens is 1. The summed E-state index contributed by atoms with van der Waals surface area (Å²) in [5, 5.41) is 1.96. The van der Waals surface area contributed by atoms with Gasteiger partial charge in [0.05, 0.1) is 22.0 Å². The lowest BCUT2D eigenvalue weighted by Gasteiger charge is -2.35. The van der Waals surface area contributed by atoms with E-state index in [1.54, 1.807) is 11.5 Å². The van der Waals surface area contributed by atoms with E-state index in [1.807, 2.05) is 4.90 Å². The number of rotatable bonds is 6. The van der Waals surface area contributed by atoms with Crippen LogP contribution in [0.1, 0.15) is 24.0 Å². The molecule has 0 unspecified atom stereocenters. The van der Waals surface area contributed by atoms with Gasteiger partial charge in [-0.15, -0.1) is 0 Å². The van der Waals surface area contributed by atoms with Gasteiger partial charge in [0, 0.05) is 51.1 Å². The van der Waals surface area contributed by atoms with E-state index in [0.29, 0.717) is 24.5 Å². The van der Waals surface area contributed by atoms with Crippen molar-refractivity contribution in [1.29, 1.82) is 0 Å². The number of halogens is 1. The Morgan fingerprint density at radius 1 is 1.06 bits per heavy atom. The summed E-state index contributed by atoms with van der Waals surface area (Å²) in [5.74, 6) is 2.13. The van der Waals surface area contributed by atoms with Crippen LogP contribution in [0.2, 0.25) is 5.02 Å². The normalized spacial score (nSPS) is 18.3. The van der Waals surface area contributed by atoms with E-state index in [2.05, 4.69) is 40.1 Å². The first kappa shape index (κ1) is 21.2. The Kier molecular flexibility index (Phi) is 5.64. The molecular formula is C25H27ClN4O2S. The van der Waals surface area contributed by atoms with Crippen molar-refractivity contribution in [2.24, 2.45) is 0 Å². The predicted molar refractivity (Wildman–Crippen MR) is 134 cm³/mol. The molecule has 6 rings (SSSR count). The van der Waals surface area contributed by atoms with Gasteiger partial charge in [-0.2, -0.15) is 4.37 Å². The molecule has 2 aromatic carbocycles. The molecule has 1 amide bonds. The van der Waals surface area contributed by atoms with Gasteiger partial charge >= 0.3 is 0 Å². The van der Waals surface area contributed by atoms with Crippen molar-refractivity contribution in [3.8, 4) is 5.75 Å². The van der Waals surface area contributed by atoms with Gasteiger partial charge < -0.3 is 14.5 Å². The van der Waals surface area contributed by atoms with Crippen LogP contribution in [0.15, 0.2) is 30.3 Å². The third-order valence-electron chi connectivity index (χ3n) is 7.05. The SMILES string of the molecule is O=C1CCc2c(Cl)c(OCCCN3CCN(c4nsc5ccccc45)CC3)cc3c2N1CC3. The molecule has 0 aliphatic carbocycles. The standard InChI is InChI=1S/C25H27ClN4O2S/c26-23-19-6-7-22(31)30-10-8-17(24(19)30)16-20(23)32-15-3-9-28-11-13-29(14-12-28)25-18-4-1-2-5-21(18)33-27-25/h1-2,4-5,16H,3,6-15H2. The van der Waals surface area contributed by atoms with Crippen LogP contribution in [0.3, 0.4) is 0 Å². The number of anilines is 2. The van der Waals surface area contributed by atoms with Crippen LogP contribution >= 0.6 is 23.1 Å². The number of ether oxygens (including phenoxy) is 1. The highest BCUT2D eigenvalue weighted by molar-refractivity contribution is 7.13. The first-order valence-corrected chi connectivity index (χ1v) is 12.9. The monoisotopic (exact) mass is 482 g/mol. The number of amides is 1. The largest absolute Gasteiger partial charge is 0.492 e. The van der Waals surface area contributed by atoms with Crippen molar-refractivity contribution < 1.29 is 9.53 Å². The fraction of sp³-hybridized carbons (Fsp3) is 0.440. The average molecular weight is 483 g/mol. The molecule has 1 aromatic heterocycles. The van der Waals surface area contributed by atoms with Crippen molar-refractivity contribution in [3.05, 3.63) is 46.5 Å². The fourth-order valence-corrected chi connectivity index (χ4v) is 6.40. The zero-order valence-corrected chi connectivity index (χ0v) is 20.1. The van der Waals surface area contributed by atoms with Crippen molar-refractivity contribution in [1.82, 2.24) is 9.27 Å². The molecule has 3 aromatic rings. The van der Waals surface area contributed by atoms with Gasteiger partial charge in [-0.1, -0.05) is 23.7 Å². The van der Waals surface area contributed by atoms with Gasteiger partial charge in [0.1, 0.15) is 11.6 Å². The molecule has 0 N–H and O–H groups in total. The Morgan fingerprint density at radius 2 is 1.91 bits per heavy atom. The van der Waals surface area contributed by atoms with E-state index in [1.165, 1.54) is 15.6 Å². The van der Waals surface area contributed by atoms with Crippen LogP contribution in [0.5, 0.6) is 5.75 Å². The Labute approximate surface area is 202 Å². The molecule has 33 heavy (non-hydrogen) atoms. The first-order valence-electron chi connectivity index (χ1n) is 11.8. The minimum Gasteiger partial charge on any atom is -0.492 e. The molecule has 8 heteroatoms. The molecule has 0 atom stereocenters. The molecule has 172 valence electrons. The van der Waals surface area contributed by atoms with Gasteiger partial charge in [-0.3, -0.25) is 9.69 Å². The van der Waals surface area contributed by atoms with Gasteiger partial charge in [0.15, 0.2) is 0 Å². The number of hydrogen-bond acceptors (Lipinski definition) is 6. The van der Waals surface area contributed by atoms with E-state index >= 15 is 0 Å². The van der Waals surface area contributed by atoms with Crippen LogP contribution in [0, 0.1) is 0 Å². The third-order valence-corrected chi connectivity index (χ3v) is 8.28. The maximum absolute atomic E-state index is 12.2. The van der Waals surface area contributed by atoms with Crippen molar-refractivity contribution in [2.75, 3.05) is 55.7 Å². The Morgan fingerprint density at radius 3 is 2.79 bits per heavy atom. The smallest absolute Gasteiger partial charge is 0.227 e. The van der Waals surface area contributed by atoms with Crippen LogP contribution in [0.25, 0.3) is 10.1 Å². The van der Waals surface area contributed by atoms with Gasteiger partial charge in [0.25, 0.3) is 0 Å². The number of piperazine rings is 1. The average Bonchev–Trinajstić information content (AvgIpc) is 3.47. The maximum atomic E-state index is 12.2. The predicted octanol–water partition coefficient (Wildman–Crippen LogP) is 4.38. The second-order valence-corrected chi connectivity index (χ2v) is 10.2. The molecule has 1 fully saturated rings. The summed E-state index contributed by atoms with van der Waals surface area (Å²) in [4.78, 5) is 19.0. The zero-order chi connectivity index (χ0) is 22.4. The van der Waals surface area contributed by atoms with Gasteiger partial charge in [-0.25, -0.2) is 0 Å². The number of nitrogens with zero attached hydrogens (tertiary/aromatic N) is 4. The summed E-state index contributed by atoms with van der Waals surface area (Å²) in [5.41, 5.74) is 3.34. The summed E-state index contributed by atoms with van der Waals surface area (Å²) >= 11 is 8.28. The lowest BCUT2D eigenvalue weighted by molar-refractivity contribution is -0.118. The lowest BCUT2D eigenvalue weighted by atomic mass is 9.99. The van der Waals surface area contributed by atoms with Crippen LogP contribution in [0.4, 0.5) is 11.5 Å². The minimum absolute atomic E-state index is 0.217. The molecule has 3 aliphatic rings. The van der Waals surface area contributed by atoms with Crippen LogP contribution < -0.4 is 14.5 Å². The molecule has 0 spiro atoms. The first-order chi connectivity index (χ1) is 16.2. The van der Waals surface area contributed by atoms with E-state index in [-0.39, 0.29) is 5.91 Å². The Bertz CT molecular complexity index is 1200. The molecule has 0 bridgehead atoms. The number of hydrogen-bond donors (Lipinski definition) is 0. The van der Waals surface area contributed by atoms with Crippen LogP contribution in [-0.4, -0.2) is 61.1 Å². The number of carbonyl (C=O) groups is 1. The molecule has 1 saturated heterocycles. The van der Waals surface area contributed by atoms with Gasteiger partial charge in [0.2, 0.25) is 5.91 Å².